The molecule has 0 unspecified atom stereocenters. The summed E-state index contributed by atoms with van der Waals surface area (Å²) in [5.41, 5.74) is 4.42. The van der Waals surface area contributed by atoms with Gasteiger partial charge in [0.1, 0.15) is 13.2 Å². The molecule has 1 heterocycles. The van der Waals surface area contributed by atoms with E-state index in [2.05, 4.69) is 10.9 Å². The molecule has 0 radical (unpaired) electrons. The van der Waals surface area contributed by atoms with Gasteiger partial charge in [-0.2, -0.15) is 0 Å². The van der Waals surface area contributed by atoms with E-state index in [0.717, 1.165) is 18.2 Å². The summed E-state index contributed by atoms with van der Waals surface area (Å²) >= 11 is 0. The summed E-state index contributed by atoms with van der Waals surface area (Å²) in [6.07, 6.45) is 0. The van der Waals surface area contributed by atoms with Crippen molar-refractivity contribution in [3.8, 4) is 11.5 Å². The summed E-state index contributed by atoms with van der Waals surface area (Å²) in [4.78, 5) is 23.8. The van der Waals surface area contributed by atoms with Crippen LogP contribution in [0, 0.1) is 11.6 Å². The van der Waals surface area contributed by atoms with Crippen molar-refractivity contribution in [2.24, 2.45) is 0 Å². The third-order valence-corrected chi connectivity index (χ3v) is 3.28. The number of nitrogens with one attached hydrogen (secondary N) is 2. The zero-order chi connectivity index (χ0) is 17.1. The van der Waals surface area contributed by atoms with Crippen molar-refractivity contribution in [1.29, 1.82) is 0 Å². The SMILES string of the molecule is O=C(NNC(=O)c1ccc2c(c1)OCCO2)c1ccc(F)c(F)c1. The summed E-state index contributed by atoms with van der Waals surface area (Å²) in [5.74, 6) is -2.63. The predicted octanol–water partition coefficient (Wildman–Crippen LogP) is 1.81. The van der Waals surface area contributed by atoms with Gasteiger partial charge in [-0.1, -0.05) is 0 Å². The maximum absolute atomic E-state index is 13.1. The molecule has 0 spiro atoms. The Hall–Kier alpha value is -3.16. The normalized spacial score (nSPS) is 12.4. The highest BCUT2D eigenvalue weighted by molar-refractivity contribution is 5.99. The predicted molar refractivity (Wildman–Crippen MR) is 78.7 cm³/mol. The quantitative estimate of drug-likeness (QED) is 0.821. The lowest BCUT2D eigenvalue weighted by Gasteiger charge is -2.18. The van der Waals surface area contributed by atoms with Crippen molar-refractivity contribution in [3.63, 3.8) is 0 Å². The molecule has 24 heavy (non-hydrogen) atoms. The van der Waals surface area contributed by atoms with Gasteiger partial charge < -0.3 is 9.47 Å². The molecule has 124 valence electrons. The average Bonchev–Trinajstić information content (AvgIpc) is 2.61. The third-order valence-electron chi connectivity index (χ3n) is 3.28. The molecule has 6 nitrogen and oxygen atoms in total. The van der Waals surface area contributed by atoms with Crippen molar-refractivity contribution in [3.05, 3.63) is 59.2 Å². The fraction of sp³-hybridized carbons (Fsp3) is 0.125. The van der Waals surface area contributed by atoms with E-state index < -0.39 is 23.4 Å². The fourth-order valence-corrected chi connectivity index (χ4v) is 2.08. The molecule has 0 fully saturated rings. The molecular weight excluding hydrogens is 322 g/mol. The van der Waals surface area contributed by atoms with Gasteiger partial charge in [0.15, 0.2) is 23.1 Å². The third kappa shape index (κ3) is 3.27. The molecule has 0 aromatic heterocycles. The lowest BCUT2D eigenvalue weighted by Crippen LogP contribution is -2.41. The van der Waals surface area contributed by atoms with Crippen LogP contribution in [0.15, 0.2) is 36.4 Å². The van der Waals surface area contributed by atoms with Crippen LogP contribution in [-0.2, 0) is 0 Å². The van der Waals surface area contributed by atoms with Crippen LogP contribution >= 0.6 is 0 Å². The minimum Gasteiger partial charge on any atom is -0.486 e. The van der Waals surface area contributed by atoms with Gasteiger partial charge in [0.25, 0.3) is 11.8 Å². The molecule has 0 atom stereocenters. The molecule has 0 aliphatic carbocycles. The summed E-state index contributed by atoms with van der Waals surface area (Å²) in [7, 11) is 0. The van der Waals surface area contributed by atoms with E-state index in [-0.39, 0.29) is 11.1 Å². The van der Waals surface area contributed by atoms with Crippen LogP contribution in [0.3, 0.4) is 0 Å². The molecule has 2 amide bonds. The van der Waals surface area contributed by atoms with Gasteiger partial charge in [-0.05, 0) is 36.4 Å². The monoisotopic (exact) mass is 334 g/mol. The van der Waals surface area contributed by atoms with Crippen molar-refractivity contribution in [2.75, 3.05) is 13.2 Å². The van der Waals surface area contributed by atoms with E-state index >= 15 is 0 Å². The number of benzene rings is 2. The molecule has 0 bridgehead atoms. The van der Waals surface area contributed by atoms with Crippen LogP contribution in [-0.4, -0.2) is 25.0 Å². The summed E-state index contributed by atoms with van der Waals surface area (Å²) < 4.78 is 36.6. The van der Waals surface area contributed by atoms with E-state index in [1.54, 1.807) is 6.07 Å². The maximum atomic E-state index is 13.1. The highest BCUT2D eigenvalue weighted by Gasteiger charge is 2.16. The Morgan fingerprint density at radius 1 is 0.792 bits per heavy atom. The van der Waals surface area contributed by atoms with Crippen molar-refractivity contribution < 1.29 is 27.8 Å². The van der Waals surface area contributed by atoms with Crippen molar-refractivity contribution in [2.45, 2.75) is 0 Å². The zero-order valence-electron chi connectivity index (χ0n) is 12.3. The van der Waals surface area contributed by atoms with Crippen LogP contribution in [0.4, 0.5) is 8.78 Å². The Morgan fingerprint density at radius 2 is 1.38 bits per heavy atom. The maximum Gasteiger partial charge on any atom is 0.269 e. The summed E-state index contributed by atoms with van der Waals surface area (Å²) in [6.45, 7) is 0.813. The van der Waals surface area contributed by atoms with Gasteiger partial charge in [0.05, 0.1) is 0 Å². The first-order valence-electron chi connectivity index (χ1n) is 7.00. The minimum atomic E-state index is -1.15. The number of hydrogen-bond donors (Lipinski definition) is 2. The Kier molecular flexibility index (Phi) is 4.28. The topological polar surface area (TPSA) is 76.7 Å². The smallest absolute Gasteiger partial charge is 0.269 e. The Balaban J connectivity index is 1.64. The average molecular weight is 334 g/mol. The van der Waals surface area contributed by atoms with Crippen LogP contribution in [0.5, 0.6) is 11.5 Å². The number of ether oxygens (including phenoxy) is 2. The highest BCUT2D eigenvalue weighted by Crippen LogP contribution is 2.30. The second-order valence-electron chi connectivity index (χ2n) is 4.90. The van der Waals surface area contributed by atoms with Crippen LogP contribution in [0.2, 0.25) is 0 Å². The molecule has 0 saturated carbocycles. The second kappa shape index (κ2) is 6.53. The molecule has 2 N–H and O–H groups in total. The van der Waals surface area contributed by atoms with E-state index in [9.17, 15) is 18.4 Å². The fourth-order valence-electron chi connectivity index (χ4n) is 2.08. The second-order valence-corrected chi connectivity index (χ2v) is 4.90. The van der Waals surface area contributed by atoms with Gasteiger partial charge in [-0.15, -0.1) is 0 Å². The van der Waals surface area contributed by atoms with Crippen molar-refractivity contribution >= 4 is 11.8 Å². The number of halogens is 2. The molecule has 3 rings (SSSR count). The number of carbonyl (C=O) groups excluding carboxylic acids is 2. The standard InChI is InChI=1S/C16H12F2N2O4/c17-11-3-1-9(7-12(11)18)15(21)19-20-16(22)10-2-4-13-14(8-10)24-6-5-23-13/h1-4,7-8H,5-6H2,(H,19,21)(H,20,22). The van der Waals surface area contributed by atoms with E-state index in [1.165, 1.54) is 12.1 Å². The van der Waals surface area contributed by atoms with Gasteiger partial charge >= 0.3 is 0 Å². The van der Waals surface area contributed by atoms with Gasteiger partial charge in [0, 0.05) is 11.1 Å². The van der Waals surface area contributed by atoms with Gasteiger partial charge in [-0.3, -0.25) is 20.4 Å². The molecule has 0 saturated heterocycles. The Labute approximate surface area is 135 Å². The van der Waals surface area contributed by atoms with E-state index in [0.29, 0.717) is 24.7 Å². The first-order chi connectivity index (χ1) is 11.5. The number of hydrogen-bond acceptors (Lipinski definition) is 4. The van der Waals surface area contributed by atoms with E-state index in [4.69, 9.17) is 9.47 Å². The number of hydrazine groups is 1. The molecule has 2 aromatic carbocycles. The molecule has 8 heteroatoms. The van der Waals surface area contributed by atoms with Crippen LogP contribution < -0.4 is 20.3 Å². The first kappa shape index (κ1) is 15.7. The number of amides is 2. The number of rotatable bonds is 2. The zero-order valence-corrected chi connectivity index (χ0v) is 12.3. The lowest BCUT2D eigenvalue weighted by molar-refractivity contribution is 0.0846. The molecular formula is C16H12F2N2O4. The molecule has 1 aliphatic rings. The molecule has 1 aliphatic heterocycles. The van der Waals surface area contributed by atoms with Crippen LogP contribution in [0.1, 0.15) is 20.7 Å². The van der Waals surface area contributed by atoms with Crippen LogP contribution in [0.25, 0.3) is 0 Å². The lowest BCUT2D eigenvalue weighted by atomic mass is 10.2. The number of fused-ring (bicyclic) bond motifs is 1. The first-order valence-corrected chi connectivity index (χ1v) is 7.00. The molecule has 2 aromatic rings. The van der Waals surface area contributed by atoms with E-state index in [1.807, 2.05) is 0 Å². The highest BCUT2D eigenvalue weighted by atomic mass is 19.2. The Bertz CT molecular complexity index is 811. The number of carbonyl (C=O) groups is 2. The van der Waals surface area contributed by atoms with Gasteiger partial charge in [-0.25, -0.2) is 8.78 Å². The largest absolute Gasteiger partial charge is 0.486 e. The minimum absolute atomic E-state index is 0.128. The summed E-state index contributed by atoms with van der Waals surface area (Å²) in [6, 6.07) is 7.23. The summed E-state index contributed by atoms with van der Waals surface area (Å²) in [5, 5.41) is 0. The van der Waals surface area contributed by atoms with Crippen molar-refractivity contribution in [1.82, 2.24) is 10.9 Å². The van der Waals surface area contributed by atoms with Gasteiger partial charge in [0.2, 0.25) is 0 Å². The Morgan fingerprint density at radius 3 is 2.04 bits per heavy atom.